The van der Waals surface area contributed by atoms with Crippen LogP contribution in [-0.2, 0) is 10.0 Å². The fourth-order valence-electron chi connectivity index (χ4n) is 3.18. The number of hydrogen-bond donors (Lipinski definition) is 2. The quantitative estimate of drug-likeness (QED) is 0.774. The molecule has 2 atom stereocenters. The lowest BCUT2D eigenvalue weighted by Gasteiger charge is -2.16. The van der Waals surface area contributed by atoms with Gasteiger partial charge in [-0.3, -0.25) is 0 Å². The maximum atomic E-state index is 11.9. The van der Waals surface area contributed by atoms with Crippen LogP contribution in [-0.4, -0.2) is 31.9 Å². The average Bonchev–Trinajstić information content (AvgIpc) is 2.95. The van der Waals surface area contributed by atoms with Gasteiger partial charge in [-0.2, -0.15) is 0 Å². The van der Waals surface area contributed by atoms with Gasteiger partial charge in [-0.25, -0.2) is 13.1 Å². The predicted molar refractivity (Wildman–Crippen MR) is 71.7 cm³/mol. The zero-order chi connectivity index (χ0) is 13.0. The molecular weight excluding hydrogens is 250 g/mol. The van der Waals surface area contributed by atoms with Crippen LogP contribution in [0.3, 0.4) is 0 Å². The van der Waals surface area contributed by atoms with Crippen molar-refractivity contribution < 1.29 is 13.5 Å². The second-order valence-electron chi connectivity index (χ2n) is 5.86. The van der Waals surface area contributed by atoms with E-state index in [4.69, 9.17) is 0 Å². The maximum absolute atomic E-state index is 11.9. The Morgan fingerprint density at radius 2 is 1.78 bits per heavy atom. The third-order valence-corrected chi connectivity index (χ3v) is 5.83. The van der Waals surface area contributed by atoms with E-state index >= 15 is 0 Å². The fraction of sp³-hybridized carbons (Fsp3) is 1.00. The summed E-state index contributed by atoms with van der Waals surface area (Å²) in [6, 6.07) is 0. The summed E-state index contributed by atoms with van der Waals surface area (Å²) >= 11 is 0. The third kappa shape index (κ3) is 4.21. The molecule has 0 aliphatic heterocycles. The normalized spacial score (nSPS) is 30.1. The third-order valence-electron chi connectivity index (χ3n) is 4.45. The zero-order valence-electron chi connectivity index (χ0n) is 11.0. The Balaban J connectivity index is 1.69. The van der Waals surface area contributed by atoms with Crippen LogP contribution >= 0.6 is 0 Å². The first kappa shape index (κ1) is 14.3. The van der Waals surface area contributed by atoms with E-state index in [1.807, 2.05) is 0 Å². The lowest BCUT2D eigenvalue weighted by atomic mass is 10.1. The average molecular weight is 275 g/mol. The molecule has 18 heavy (non-hydrogen) atoms. The molecule has 0 aromatic rings. The summed E-state index contributed by atoms with van der Waals surface area (Å²) in [5.74, 6) is 0.977. The number of nitrogens with one attached hydrogen (secondary N) is 1. The van der Waals surface area contributed by atoms with Crippen LogP contribution in [0.5, 0.6) is 0 Å². The summed E-state index contributed by atoms with van der Waals surface area (Å²) in [4.78, 5) is 0. The molecular formula is C13H25NO3S. The lowest BCUT2D eigenvalue weighted by molar-refractivity contribution is 0.134. The van der Waals surface area contributed by atoms with Gasteiger partial charge >= 0.3 is 0 Å². The fourth-order valence-corrected chi connectivity index (χ4v) is 4.44. The van der Waals surface area contributed by atoms with Gasteiger partial charge in [0.1, 0.15) is 0 Å². The van der Waals surface area contributed by atoms with Crippen molar-refractivity contribution in [1.82, 2.24) is 4.72 Å². The largest absolute Gasteiger partial charge is 0.393 e. The Morgan fingerprint density at radius 3 is 2.39 bits per heavy atom. The van der Waals surface area contributed by atoms with E-state index in [1.54, 1.807) is 0 Å². The SMILES string of the molecule is O=S(=O)(CCC1CCCC1)NC[C@H]1CCC[C@@H]1O. The Labute approximate surface area is 110 Å². The van der Waals surface area contributed by atoms with Crippen LogP contribution in [0.2, 0.25) is 0 Å². The molecule has 4 nitrogen and oxygen atoms in total. The molecule has 2 aliphatic rings. The van der Waals surface area contributed by atoms with Crippen LogP contribution in [0.1, 0.15) is 51.4 Å². The van der Waals surface area contributed by atoms with E-state index < -0.39 is 10.0 Å². The van der Waals surface area contributed by atoms with Crippen molar-refractivity contribution >= 4 is 10.0 Å². The van der Waals surface area contributed by atoms with Crippen molar-refractivity contribution in [3.8, 4) is 0 Å². The highest BCUT2D eigenvalue weighted by Gasteiger charge is 2.26. The van der Waals surface area contributed by atoms with Gasteiger partial charge in [0.2, 0.25) is 10.0 Å². The van der Waals surface area contributed by atoms with Crippen molar-refractivity contribution in [3.05, 3.63) is 0 Å². The van der Waals surface area contributed by atoms with E-state index in [2.05, 4.69) is 4.72 Å². The second kappa shape index (κ2) is 6.35. The van der Waals surface area contributed by atoms with Crippen molar-refractivity contribution in [1.29, 1.82) is 0 Å². The summed E-state index contributed by atoms with van der Waals surface area (Å²) in [6.45, 7) is 0.411. The molecule has 5 heteroatoms. The minimum Gasteiger partial charge on any atom is -0.393 e. The Hall–Kier alpha value is -0.130. The highest BCUT2D eigenvalue weighted by Crippen LogP contribution is 2.28. The first-order chi connectivity index (χ1) is 8.57. The van der Waals surface area contributed by atoms with Crippen molar-refractivity contribution in [2.24, 2.45) is 11.8 Å². The molecule has 2 fully saturated rings. The lowest BCUT2D eigenvalue weighted by Crippen LogP contribution is -2.34. The van der Waals surface area contributed by atoms with Gasteiger partial charge < -0.3 is 5.11 Å². The van der Waals surface area contributed by atoms with Gasteiger partial charge in [0.25, 0.3) is 0 Å². The summed E-state index contributed by atoms with van der Waals surface area (Å²) in [6.07, 6.45) is 8.13. The monoisotopic (exact) mass is 275 g/mol. The molecule has 106 valence electrons. The summed E-state index contributed by atoms with van der Waals surface area (Å²) in [5, 5.41) is 9.65. The first-order valence-electron chi connectivity index (χ1n) is 7.22. The summed E-state index contributed by atoms with van der Waals surface area (Å²) in [5.41, 5.74) is 0. The Bertz CT molecular complexity index is 349. The minimum absolute atomic E-state index is 0.117. The van der Waals surface area contributed by atoms with E-state index in [-0.39, 0.29) is 17.8 Å². The highest BCUT2D eigenvalue weighted by atomic mass is 32.2. The molecule has 0 bridgehead atoms. The van der Waals surface area contributed by atoms with Crippen LogP contribution in [0.25, 0.3) is 0 Å². The second-order valence-corrected chi connectivity index (χ2v) is 7.79. The van der Waals surface area contributed by atoms with E-state index in [0.717, 1.165) is 25.7 Å². The van der Waals surface area contributed by atoms with E-state index in [0.29, 0.717) is 12.5 Å². The van der Waals surface area contributed by atoms with Crippen molar-refractivity contribution in [2.75, 3.05) is 12.3 Å². The number of aliphatic hydroxyl groups excluding tert-OH is 1. The summed E-state index contributed by atoms with van der Waals surface area (Å²) in [7, 11) is -3.14. The molecule has 0 heterocycles. The molecule has 0 amide bonds. The number of rotatable bonds is 6. The molecule has 2 N–H and O–H groups in total. The topological polar surface area (TPSA) is 66.4 Å². The van der Waals surface area contributed by atoms with Crippen LogP contribution < -0.4 is 4.72 Å². The molecule has 0 aromatic heterocycles. The van der Waals surface area contributed by atoms with Crippen LogP contribution in [0.15, 0.2) is 0 Å². The molecule has 0 spiro atoms. The van der Waals surface area contributed by atoms with Gasteiger partial charge in [-0.15, -0.1) is 0 Å². The zero-order valence-corrected chi connectivity index (χ0v) is 11.8. The molecule has 2 rings (SSSR count). The van der Waals surface area contributed by atoms with Gasteiger partial charge in [-0.05, 0) is 31.1 Å². The van der Waals surface area contributed by atoms with Gasteiger partial charge in [0.05, 0.1) is 11.9 Å². The van der Waals surface area contributed by atoms with Crippen molar-refractivity contribution in [3.63, 3.8) is 0 Å². The molecule has 0 saturated heterocycles. The number of hydrogen-bond acceptors (Lipinski definition) is 3. The van der Waals surface area contributed by atoms with Gasteiger partial charge in [-0.1, -0.05) is 32.1 Å². The standard InChI is InChI=1S/C13H25NO3S/c15-13-7-3-6-12(13)10-14-18(16,17)9-8-11-4-1-2-5-11/h11-15H,1-10H2/t12-,13+/m1/s1. The maximum Gasteiger partial charge on any atom is 0.211 e. The molecule has 0 radical (unpaired) electrons. The molecule has 0 unspecified atom stereocenters. The predicted octanol–water partition coefficient (Wildman–Crippen LogP) is 1.65. The van der Waals surface area contributed by atoms with E-state index in [1.165, 1.54) is 25.7 Å². The number of aliphatic hydroxyl groups is 1. The number of sulfonamides is 1. The van der Waals surface area contributed by atoms with Gasteiger partial charge in [0.15, 0.2) is 0 Å². The Kier molecular flexibility index (Phi) is 5.04. The first-order valence-corrected chi connectivity index (χ1v) is 8.87. The molecule has 2 aliphatic carbocycles. The molecule has 0 aromatic carbocycles. The summed E-state index contributed by atoms with van der Waals surface area (Å²) < 4.78 is 26.4. The Morgan fingerprint density at radius 1 is 1.06 bits per heavy atom. The minimum atomic E-state index is -3.14. The smallest absolute Gasteiger partial charge is 0.211 e. The molecule has 2 saturated carbocycles. The van der Waals surface area contributed by atoms with Gasteiger partial charge in [0, 0.05) is 6.54 Å². The van der Waals surface area contributed by atoms with Crippen LogP contribution in [0.4, 0.5) is 0 Å². The van der Waals surface area contributed by atoms with Crippen molar-refractivity contribution in [2.45, 2.75) is 57.5 Å². The highest BCUT2D eigenvalue weighted by molar-refractivity contribution is 7.89. The van der Waals surface area contributed by atoms with Crippen LogP contribution in [0, 0.1) is 11.8 Å². The van der Waals surface area contributed by atoms with E-state index in [9.17, 15) is 13.5 Å².